The molecule has 0 aliphatic heterocycles. The standard InChI is InChI=1S/C11H12N2O2S/c1-7-3-11(4-7,6-12)10-13-8(5-16-10)9(14)15-2/h5,7H,3-4H2,1-2H3. The van der Waals surface area contributed by atoms with Gasteiger partial charge in [0.2, 0.25) is 0 Å². The van der Waals surface area contributed by atoms with Crippen LogP contribution >= 0.6 is 11.3 Å². The third-order valence-corrected chi connectivity index (χ3v) is 3.96. The monoisotopic (exact) mass is 236 g/mol. The van der Waals surface area contributed by atoms with Crippen LogP contribution in [0.2, 0.25) is 0 Å². The molecule has 1 aromatic heterocycles. The predicted molar refractivity (Wildman–Crippen MR) is 59.1 cm³/mol. The number of hydrogen-bond donors (Lipinski definition) is 0. The average Bonchev–Trinajstić information content (AvgIpc) is 2.72. The lowest BCUT2D eigenvalue weighted by atomic mass is 9.64. The Labute approximate surface area is 97.9 Å². The van der Waals surface area contributed by atoms with Crippen LogP contribution in [-0.2, 0) is 10.2 Å². The number of carbonyl (C=O) groups excluding carboxylic acids is 1. The SMILES string of the molecule is COC(=O)c1csc(C2(C#N)CC(C)C2)n1. The van der Waals surface area contributed by atoms with Gasteiger partial charge in [-0.25, -0.2) is 9.78 Å². The van der Waals surface area contributed by atoms with Gasteiger partial charge in [0.25, 0.3) is 0 Å². The normalized spacial score (nSPS) is 27.9. The molecule has 1 aliphatic rings. The Hall–Kier alpha value is -1.41. The third kappa shape index (κ3) is 1.59. The summed E-state index contributed by atoms with van der Waals surface area (Å²) in [6.45, 7) is 2.12. The number of esters is 1. The van der Waals surface area contributed by atoms with Crippen LogP contribution in [0, 0.1) is 17.2 Å². The summed E-state index contributed by atoms with van der Waals surface area (Å²) >= 11 is 1.37. The molecule has 0 spiro atoms. The zero-order chi connectivity index (χ0) is 11.8. The van der Waals surface area contributed by atoms with Crippen LogP contribution in [0.25, 0.3) is 0 Å². The second-order valence-corrected chi connectivity index (χ2v) is 5.09. The average molecular weight is 236 g/mol. The summed E-state index contributed by atoms with van der Waals surface area (Å²) in [7, 11) is 1.33. The molecular weight excluding hydrogens is 224 g/mol. The lowest BCUT2D eigenvalue weighted by Gasteiger charge is -2.39. The molecule has 5 heteroatoms. The summed E-state index contributed by atoms with van der Waals surface area (Å²) in [6, 6.07) is 2.33. The summed E-state index contributed by atoms with van der Waals surface area (Å²) < 4.78 is 4.59. The molecule has 0 amide bonds. The first kappa shape index (κ1) is 11.1. The van der Waals surface area contributed by atoms with Crippen LogP contribution in [0.4, 0.5) is 0 Å². The molecule has 0 bridgehead atoms. The van der Waals surface area contributed by atoms with Crippen LogP contribution in [0.1, 0.15) is 35.3 Å². The smallest absolute Gasteiger partial charge is 0.357 e. The first-order chi connectivity index (χ1) is 7.61. The molecule has 84 valence electrons. The highest BCUT2D eigenvalue weighted by Crippen LogP contribution is 2.47. The van der Waals surface area contributed by atoms with Gasteiger partial charge in [-0.15, -0.1) is 11.3 Å². The minimum Gasteiger partial charge on any atom is -0.464 e. The van der Waals surface area contributed by atoms with Crippen molar-refractivity contribution in [3.05, 3.63) is 16.1 Å². The van der Waals surface area contributed by atoms with Gasteiger partial charge in [-0.2, -0.15) is 5.26 Å². The molecule has 1 fully saturated rings. The van der Waals surface area contributed by atoms with Gasteiger partial charge in [-0.3, -0.25) is 0 Å². The van der Waals surface area contributed by atoms with E-state index in [1.165, 1.54) is 18.4 Å². The molecule has 1 aliphatic carbocycles. The summed E-state index contributed by atoms with van der Waals surface area (Å²) in [6.07, 6.45) is 1.66. The van der Waals surface area contributed by atoms with E-state index in [1.54, 1.807) is 5.38 Å². The maximum absolute atomic E-state index is 11.3. The molecule has 0 unspecified atom stereocenters. The molecule has 0 N–H and O–H groups in total. The Morgan fingerprint density at radius 2 is 2.44 bits per heavy atom. The summed E-state index contributed by atoms with van der Waals surface area (Å²) in [5.74, 6) is 0.119. The number of rotatable bonds is 2. The summed E-state index contributed by atoms with van der Waals surface area (Å²) in [4.78, 5) is 15.5. The highest BCUT2D eigenvalue weighted by atomic mass is 32.1. The molecule has 1 saturated carbocycles. The molecular formula is C11H12N2O2S. The van der Waals surface area contributed by atoms with E-state index in [-0.39, 0.29) is 0 Å². The Balaban J connectivity index is 2.25. The van der Waals surface area contributed by atoms with Crippen molar-refractivity contribution >= 4 is 17.3 Å². The second-order valence-electron chi connectivity index (χ2n) is 4.24. The molecule has 2 rings (SSSR count). The van der Waals surface area contributed by atoms with Gasteiger partial charge in [0.15, 0.2) is 5.69 Å². The van der Waals surface area contributed by atoms with E-state index in [0.29, 0.717) is 11.6 Å². The molecule has 0 aromatic carbocycles. The van der Waals surface area contributed by atoms with Crippen molar-refractivity contribution < 1.29 is 9.53 Å². The van der Waals surface area contributed by atoms with E-state index in [9.17, 15) is 10.1 Å². The van der Waals surface area contributed by atoms with Crippen LogP contribution in [-0.4, -0.2) is 18.1 Å². The number of aromatic nitrogens is 1. The van der Waals surface area contributed by atoms with Crippen LogP contribution in [0.15, 0.2) is 5.38 Å². The van der Waals surface area contributed by atoms with Crippen molar-refractivity contribution in [3.63, 3.8) is 0 Å². The van der Waals surface area contributed by atoms with Crippen molar-refractivity contribution in [2.75, 3.05) is 7.11 Å². The van der Waals surface area contributed by atoms with Gasteiger partial charge in [0.05, 0.1) is 13.2 Å². The topological polar surface area (TPSA) is 63.0 Å². The molecule has 1 heterocycles. The number of nitrogens with zero attached hydrogens (tertiary/aromatic N) is 2. The van der Waals surface area contributed by atoms with E-state index < -0.39 is 11.4 Å². The molecule has 0 radical (unpaired) electrons. The molecule has 0 saturated heterocycles. The number of nitriles is 1. The Morgan fingerprint density at radius 1 is 1.75 bits per heavy atom. The third-order valence-electron chi connectivity index (χ3n) is 2.92. The van der Waals surface area contributed by atoms with Gasteiger partial charge in [0, 0.05) is 5.38 Å². The largest absolute Gasteiger partial charge is 0.464 e. The fraction of sp³-hybridized carbons (Fsp3) is 0.545. The summed E-state index contributed by atoms with van der Waals surface area (Å²) in [5.41, 5.74) is -0.159. The minimum atomic E-state index is -0.462. The first-order valence-electron chi connectivity index (χ1n) is 5.07. The van der Waals surface area contributed by atoms with Gasteiger partial charge in [0.1, 0.15) is 10.4 Å². The van der Waals surface area contributed by atoms with E-state index in [0.717, 1.165) is 17.8 Å². The molecule has 0 atom stereocenters. The van der Waals surface area contributed by atoms with E-state index in [4.69, 9.17) is 0 Å². The quantitative estimate of drug-likeness (QED) is 0.738. The number of hydrogen-bond acceptors (Lipinski definition) is 5. The molecule has 4 nitrogen and oxygen atoms in total. The van der Waals surface area contributed by atoms with Crippen molar-refractivity contribution in [2.24, 2.45) is 5.92 Å². The van der Waals surface area contributed by atoms with Crippen molar-refractivity contribution in [1.29, 1.82) is 5.26 Å². The van der Waals surface area contributed by atoms with Crippen LogP contribution < -0.4 is 0 Å². The van der Waals surface area contributed by atoms with Gasteiger partial charge in [-0.1, -0.05) is 6.92 Å². The number of methoxy groups -OCH3 is 1. The Kier molecular flexibility index (Phi) is 2.68. The maximum atomic E-state index is 11.3. The first-order valence-corrected chi connectivity index (χ1v) is 5.95. The van der Waals surface area contributed by atoms with E-state index in [2.05, 4.69) is 22.7 Å². The lowest BCUT2D eigenvalue weighted by molar-refractivity contribution is 0.0594. The van der Waals surface area contributed by atoms with Crippen molar-refractivity contribution in [2.45, 2.75) is 25.2 Å². The highest BCUT2D eigenvalue weighted by molar-refractivity contribution is 7.10. The van der Waals surface area contributed by atoms with Crippen LogP contribution in [0.3, 0.4) is 0 Å². The molecule has 16 heavy (non-hydrogen) atoms. The van der Waals surface area contributed by atoms with Crippen molar-refractivity contribution in [1.82, 2.24) is 4.98 Å². The van der Waals surface area contributed by atoms with Crippen molar-refractivity contribution in [3.8, 4) is 6.07 Å². The zero-order valence-electron chi connectivity index (χ0n) is 9.19. The number of thiazole rings is 1. The fourth-order valence-electron chi connectivity index (χ4n) is 2.14. The van der Waals surface area contributed by atoms with Gasteiger partial charge in [-0.05, 0) is 18.8 Å². The highest BCUT2D eigenvalue weighted by Gasteiger charge is 2.46. The summed E-state index contributed by atoms with van der Waals surface area (Å²) in [5, 5.41) is 11.6. The molecule has 1 aromatic rings. The number of ether oxygens (including phenoxy) is 1. The van der Waals surface area contributed by atoms with Gasteiger partial charge >= 0.3 is 5.97 Å². The van der Waals surface area contributed by atoms with E-state index in [1.807, 2.05) is 0 Å². The maximum Gasteiger partial charge on any atom is 0.357 e. The number of carbonyl (C=O) groups is 1. The van der Waals surface area contributed by atoms with E-state index >= 15 is 0 Å². The minimum absolute atomic E-state index is 0.302. The Morgan fingerprint density at radius 3 is 2.94 bits per heavy atom. The predicted octanol–water partition coefficient (Wildman–Crippen LogP) is 2.12. The van der Waals surface area contributed by atoms with Gasteiger partial charge < -0.3 is 4.74 Å². The second kappa shape index (κ2) is 3.87. The fourth-order valence-corrected chi connectivity index (χ4v) is 3.10. The zero-order valence-corrected chi connectivity index (χ0v) is 10.0. The Bertz CT molecular complexity index is 455. The lowest BCUT2D eigenvalue weighted by Crippen LogP contribution is -2.38. The van der Waals surface area contributed by atoms with Crippen LogP contribution in [0.5, 0.6) is 0 Å².